The lowest BCUT2D eigenvalue weighted by Crippen LogP contribution is -3.00. The molecule has 194 valence electrons. The smallest absolute Gasteiger partial charge is 0.315 e. The van der Waals surface area contributed by atoms with Crippen LogP contribution < -0.4 is 17.1 Å². The fourth-order valence-corrected chi connectivity index (χ4v) is 4.62. The maximum Gasteiger partial charge on any atom is 0.315 e. The summed E-state index contributed by atoms with van der Waals surface area (Å²) < 4.78 is 11.8. The number of nitrogens with zero attached hydrogens (tertiary/aromatic N) is 1. The third kappa shape index (κ3) is 7.00. The number of ether oxygens (including phenoxy) is 2. The zero-order valence-electron chi connectivity index (χ0n) is 21.5. The summed E-state index contributed by atoms with van der Waals surface area (Å²) >= 11 is 0. The van der Waals surface area contributed by atoms with Gasteiger partial charge in [-0.15, -0.1) is 0 Å². The Bertz CT molecular complexity index is 1430. The molecular weight excluding hydrogens is 490 g/mol. The minimum Gasteiger partial charge on any atom is -1.00 e. The highest BCUT2D eigenvalue weighted by atomic mass is 35.5. The van der Waals surface area contributed by atoms with Gasteiger partial charge < -0.3 is 31.5 Å². The summed E-state index contributed by atoms with van der Waals surface area (Å²) in [5.41, 5.74) is 1.58. The molecule has 7 heteroatoms. The molecule has 0 heterocycles. The molecule has 0 aliphatic rings. The molecule has 6 nitrogen and oxygen atoms in total. The summed E-state index contributed by atoms with van der Waals surface area (Å²) in [4.78, 5) is 24.7. The predicted molar refractivity (Wildman–Crippen MR) is 141 cm³/mol. The summed E-state index contributed by atoms with van der Waals surface area (Å²) in [7, 11) is 5.92. The molecule has 0 unspecified atom stereocenters. The number of halogens is 1. The second-order valence-corrected chi connectivity index (χ2v) is 10.1. The summed E-state index contributed by atoms with van der Waals surface area (Å²) in [5, 5.41) is 14.7. The van der Waals surface area contributed by atoms with E-state index in [0.29, 0.717) is 23.2 Å². The molecule has 37 heavy (non-hydrogen) atoms. The fraction of sp³-hybridized carbons (Fsp3) is 0.267. The molecule has 0 saturated carbocycles. The average molecular weight is 522 g/mol. The molecule has 0 fully saturated rings. The number of phenols is 1. The number of esters is 2. The topological polar surface area (TPSA) is 72.8 Å². The first-order chi connectivity index (χ1) is 17.1. The molecule has 1 N–H and O–H groups in total. The summed E-state index contributed by atoms with van der Waals surface area (Å²) in [6, 6.07) is 23.1. The molecule has 0 amide bonds. The number of carbonyl (C=O) groups is 2. The van der Waals surface area contributed by atoms with E-state index in [9.17, 15) is 14.7 Å². The van der Waals surface area contributed by atoms with Crippen LogP contribution in [0.15, 0.2) is 72.8 Å². The van der Waals surface area contributed by atoms with E-state index in [-0.39, 0.29) is 24.6 Å². The van der Waals surface area contributed by atoms with E-state index < -0.39 is 18.0 Å². The van der Waals surface area contributed by atoms with Gasteiger partial charge in [0, 0.05) is 24.5 Å². The fourth-order valence-electron chi connectivity index (χ4n) is 4.62. The van der Waals surface area contributed by atoms with Crippen LogP contribution in [0.1, 0.15) is 24.5 Å². The normalized spacial score (nSPS) is 12.1. The van der Waals surface area contributed by atoms with Gasteiger partial charge in [-0.25, -0.2) is 0 Å². The van der Waals surface area contributed by atoms with Crippen molar-refractivity contribution in [2.75, 3.05) is 27.7 Å². The number of benzene rings is 4. The van der Waals surface area contributed by atoms with Crippen molar-refractivity contribution in [2.45, 2.75) is 25.9 Å². The van der Waals surface area contributed by atoms with Crippen molar-refractivity contribution < 1.29 is 41.1 Å². The van der Waals surface area contributed by atoms with Crippen LogP contribution in [0.25, 0.3) is 21.5 Å². The van der Waals surface area contributed by atoms with Crippen LogP contribution in [0.3, 0.4) is 0 Å². The van der Waals surface area contributed by atoms with E-state index in [0.717, 1.165) is 32.7 Å². The minimum atomic E-state index is -0.596. The Morgan fingerprint density at radius 3 is 2.00 bits per heavy atom. The van der Waals surface area contributed by atoms with Crippen LogP contribution >= 0.6 is 0 Å². The first-order valence-corrected chi connectivity index (χ1v) is 12.0. The lowest BCUT2D eigenvalue weighted by atomic mass is 9.93. The molecule has 1 atom stereocenters. The van der Waals surface area contributed by atoms with E-state index in [4.69, 9.17) is 9.47 Å². The second kappa shape index (κ2) is 11.6. The van der Waals surface area contributed by atoms with Gasteiger partial charge in [0.15, 0.2) is 6.10 Å². The lowest BCUT2D eigenvalue weighted by molar-refractivity contribution is -0.873. The Kier molecular flexibility index (Phi) is 8.79. The molecule has 4 aromatic carbocycles. The van der Waals surface area contributed by atoms with Crippen molar-refractivity contribution in [1.82, 2.24) is 0 Å². The van der Waals surface area contributed by atoms with Gasteiger partial charge in [0.1, 0.15) is 18.0 Å². The number of carbonyl (C=O) groups excluding carboxylic acids is 2. The predicted octanol–water partition coefficient (Wildman–Crippen LogP) is 2.23. The van der Waals surface area contributed by atoms with Gasteiger partial charge in [-0.05, 0) is 33.7 Å². The third-order valence-electron chi connectivity index (χ3n) is 6.07. The molecule has 4 aromatic rings. The van der Waals surface area contributed by atoms with Gasteiger partial charge >= 0.3 is 11.9 Å². The lowest BCUT2D eigenvalue weighted by Gasteiger charge is -2.28. The molecule has 0 aliphatic carbocycles. The monoisotopic (exact) mass is 521 g/mol. The molecule has 0 saturated heterocycles. The highest BCUT2D eigenvalue weighted by Gasteiger charge is 2.26. The Balaban J connectivity index is 0.00000380. The van der Waals surface area contributed by atoms with E-state index in [1.807, 2.05) is 81.8 Å². The van der Waals surface area contributed by atoms with Crippen molar-refractivity contribution in [3.8, 4) is 11.5 Å². The number of phenolic OH excluding ortho intramolecular Hbond substituents is 1. The summed E-state index contributed by atoms with van der Waals surface area (Å²) in [5.74, 6) is -0.290. The summed E-state index contributed by atoms with van der Waals surface area (Å²) in [6.07, 6.45) is -0.273. The van der Waals surface area contributed by atoms with Gasteiger partial charge in [-0.1, -0.05) is 60.7 Å². The van der Waals surface area contributed by atoms with Gasteiger partial charge in [0.25, 0.3) is 0 Å². The average Bonchev–Trinajstić information content (AvgIpc) is 2.80. The Labute approximate surface area is 223 Å². The third-order valence-corrected chi connectivity index (χ3v) is 6.07. The molecular formula is C30H32ClNO5. The number of likely N-dealkylation sites (N-methyl/N-ethyl adjacent to an activating group) is 1. The standard InChI is InChI=1S/C30H31NO5.ClH/c1-20(32)35-23(19-31(2,3)4)17-30(34)36-29-16-14-22-10-6-8-12-25(22)27(29)18-26-24-11-7-5-9-21(24)13-15-28(26)33;/h5-16,23H,17-19H2,1-4H3;1H/t23-;/m1./s1. The van der Waals surface area contributed by atoms with E-state index in [2.05, 4.69) is 0 Å². The molecule has 4 rings (SSSR count). The minimum absolute atomic E-state index is 0. The number of aromatic hydroxyl groups is 1. The molecule has 0 bridgehead atoms. The van der Waals surface area contributed by atoms with Gasteiger partial charge in [-0.2, -0.15) is 0 Å². The van der Waals surface area contributed by atoms with Gasteiger partial charge in [-0.3, -0.25) is 9.59 Å². The number of quaternary nitrogens is 1. The molecule has 0 aromatic heterocycles. The largest absolute Gasteiger partial charge is 1.00 e. The van der Waals surface area contributed by atoms with Crippen LogP contribution in [0.5, 0.6) is 11.5 Å². The molecule has 0 radical (unpaired) electrons. The maximum atomic E-state index is 13.0. The first-order valence-electron chi connectivity index (χ1n) is 12.0. The van der Waals surface area contributed by atoms with E-state index in [1.54, 1.807) is 12.1 Å². The maximum absolute atomic E-state index is 13.0. The Morgan fingerprint density at radius 1 is 0.838 bits per heavy atom. The van der Waals surface area contributed by atoms with Gasteiger partial charge in [0.05, 0.1) is 27.6 Å². The van der Waals surface area contributed by atoms with Crippen LogP contribution in [-0.4, -0.2) is 55.3 Å². The number of fused-ring (bicyclic) bond motifs is 2. The van der Waals surface area contributed by atoms with Crippen molar-refractivity contribution in [3.05, 3.63) is 83.9 Å². The zero-order valence-corrected chi connectivity index (χ0v) is 22.3. The highest BCUT2D eigenvalue weighted by Crippen LogP contribution is 2.35. The van der Waals surface area contributed by atoms with Crippen molar-refractivity contribution >= 4 is 33.5 Å². The van der Waals surface area contributed by atoms with E-state index >= 15 is 0 Å². The second-order valence-electron chi connectivity index (χ2n) is 10.1. The van der Waals surface area contributed by atoms with Crippen molar-refractivity contribution in [1.29, 1.82) is 0 Å². The van der Waals surface area contributed by atoms with Gasteiger partial charge in [0.2, 0.25) is 0 Å². The summed E-state index contributed by atoms with van der Waals surface area (Å²) in [6.45, 7) is 1.81. The highest BCUT2D eigenvalue weighted by molar-refractivity contribution is 5.92. The Morgan fingerprint density at radius 2 is 1.41 bits per heavy atom. The van der Waals surface area contributed by atoms with Crippen LogP contribution in [0.2, 0.25) is 0 Å². The van der Waals surface area contributed by atoms with Crippen LogP contribution in [-0.2, 0) is 20.7 Å². The Hall–Kier alpha value is -3.61. The van der Waals surface area contributed by atoms with E-state index in [1.165, 1.54) is 6.92 Å². The first kappa shape index (κ1) is 28.0. The number of hydrogen-bond donors (Lipinski definition) is 1. The zero-order chi connectivity index (χ0) is 25.9. The van der Waals surface area contributed by atoms with Crippen molar-refractivity contribution in [3.63, 3.8) is 0 Å². The molecule has 0 spiro atoms. The molecule has 0 aliphatic heterocycles. The SMILES string of the molecule is CC(=O)O[C@H](CC(=O)Oc1ccc2ccccc2c1Cc1c(O)ccc2ccccc12)C[N+](C)(C)C.[Cl-]. The van der Waals surface area contributed by atoms with Crippen LogP contribution in [0, 0.1) is 0 Å². The van der Waals surface area contributed by atoms with Crippen LogP contribution in [0.4, 0.5) is 0 Å². The number of rotatable bonds is 8. The number of hydrogen-bond acceptors (Lipinski definition) is 5. The quantitative estimate of drug-likeness (QED) is 0.219. The van der Waals surface area contributed by atoms with Crippen molar-refractivity contribution in [2.24, 2.45) is 0 Å².